The number of carbonyl (C=O) groups is 2. The molecular formula is C16H22ClNO5. The number of benzene rings is 1. The Hall–Kier alpha value is -1.63. The number of ether oxygens (including phenoxy) is 1. The van der Waals surface area contributed by atoms with Crippen LogP contribution in [0.3, 0.4) is 0 Å². The summed E-state index contributed by atoms with van der Waals surface area (Å²) >= 11 is 0. The van der Waals surface area contributed by atoms with Gasteiger partial charge >= 0.3 is 11.9 Å². The molecule has 1 aromatic carbocycles. The van der Waals surface area contributed by atoms with Crippen LogP contribution in [0, 0.1) is 5.41 Å². The monoisotopic (exact) mass is 343 g/mol. The first-order chi connectivity index (χ1) is 10.4. The third-order valence-electron chi connectivity index (χ3n) is 4.41. The van der Waals surface area contributed by atoms with Crippen molar-refractivity contribution in [1.82, 2.24) is 0 Å². The first-order valence-electron chi connectivity index (χ1n) is 7.33. The molecule has 7 heteroatoms. The summed E-state index contributed by atoms with van der Waals surface area (Å²) in [5, 5.41) is 19.4. The standard InChI is InChI=1S/C16H21NO5.ClH/c1-2-22-8-7-16(14(18)19,15(20)21)13-11-6-4-3-5-10(11)9-12(13)17;/h3-6,12-13H,2,7-9,17H2,1H3,(H,18,19)(H,20,21);1H/t12-,13-;/m1./s1. The normalized spacial score (nSPS) is 19.7. The van der Waals surface area contributed by atoms with Gasteiger partial charge in [0.05, 0.1) is 0 Å². The Bertz CT molecular complexity index is 563. The molecule has 0 aliphatic heterocycles. The van der Waals surface area contributed by atoms with E-state index >= 15 is 0 Å². The van der Waals surface area contributed by atoms with Crippen LogP contribution >= 0.6 is 12.4 Å². The summed E-state index contributed by atoms with van der Waals surface area (Å²) in [6.45, 7) is 2.25. The number of fused-ring (bicyclic) bond motifs is 1. The Kier molecular flexibility index (Phi) is 6.56. The molecule has 1 aliphatic carbocycles. The fourth-order valence-electron chi connectivity index (χ4n) is 3.36. The number of hydrogen-bond acceptors (Lipinski definition) is 4. The number of aliphatic carboxylic acids is 2. The molecule has 0 fully saturated rings. The van der Waals surface area contributed by atoms with Crippen LogP contribution in [-0.2, 0) is 20.7 Å². The van der Waals surface area contributed by atoms with Gasteiger partial charge in [-0.25, -0.2) is 0 Å². The summed E-state index contributed by atoms with van der Waals surface area (Å²) in [6.07, 6.45) is 0.371. The van der Waals surface area contributed by atoms with Gasteiger partial charge in [0.1, 0.15) is 0 Å². The maximum Gasteiger partial charge on any atom is 0.321 e. The number of rotatable bonds is 7. The fourth-order valence-corrected chi connectivity index (χ4v) is 3.36. The zero-order valence-electron chi connectivity index (χ0n) is 12.9. The molecule has 0 heterocycles. The van der Waals surface area contributed by atoms with E-state index in [9.17, 15) is 19.8 Å². The molecule has 2 atom stereocenters. The van der Waals surface area contributed by atoms with Crippen LogP contribution < -0.4 is 5.73 Å². The van der Waals surface area contributed by atoms with Gasteiger partial charge in [0.25, 0.3) is 0 Å². The average molecular weight is 344 g/mol. The van der Waals surface area contributed by atoms with E-state index in [0.29, 0.717) is 13.0 Å². The van der Waals surface area contributed by atoms with E-state index in [-0.39, 0.29) is 25.4 Å². The number of halogens is 1. The molecular weight excluding hydrogens is 322 g/mol. The highest BCUT2D eigenvalue weighted by Gasteiger charge is 2.57. The Morgan fingerprint density at radius 1 is 1.30 bits per heavy atom. The lowest BCUT2D eigenvalue weighted by molar-refractivity contribution is -0.169. The SMILES string of the molecule is CCOCCC(C(=O)O)(C(=O)O)[C@@H]1c2ccccc2C[C@H]1N.Cl. The molecule has 1 aromatic rings. The number of carboxylic acids is 2. The second kappa shape index (κ2) is 7.77. The number of carboxylic acid groups (broad SMARTS) is 2. The third-order valence-corrected chi connectivity index (χ3v) is 4.41. The van der Waals surface area contributed by atoms with Gasteiger partial charge in [0.2, 0.25) is 0 Å². The molecule has 23 heavy (non-hydrogen) atoms. The van der Waals surface area contributed by atoms with Gasteiger partial charge in [-0.3, -0.25) is 9.59 Å². The van der Waals surface area contributed by atoms with Crippen molar-refractivity contribution >= 4 is 24.3 Å². The van der Waals surface area contributed by atoms with Crippen molar-refractivity contribution in [2.45, 2.75) is 31.7 Å². The fraction of sp³-hybridized carbons (Fsp3) is 0.500. The van der Waals surface area contributed by atoms with Gasteiger partial charge in [-0.15, -0.1) is 12.4 Å². The van der Waals surface area contributed by atoms with Gasteiger partial charge in [0, 0.05) is 25.2 Å². The smallest absolute Gasteiger partial charge is 0.321 e. The molecule has 128 valence electrons. The van der Waals surface area contributed by atoms with E-state index in [1.165, 1.54) is 0 Å². The maximum absolute atomic E-state index is 11.9. The zero-order valence-corrected chi connectivity index (χ0v) is 13.7. The lowest BCUT2D eigenvalue weighted by atomic mass is 9.69. The molecule has 2 rings (SSSR count). The van der Waals surface area contributed by atoms with Crippen molar-refractivity contribution in [1.29, 1.82) is 0 Å². The lowest BCUT2D eigenvalue weighted by Gasteiger charge is -2.34. The van der Waals surface area contributed by atoms with E-state index in [4.69, 9.17) is 10.5 Å². The summed E-state index contributed by atoms with van der Waals surface area (Å²) in [4.78, 5) is 23.8. The highest BCUT2D eigenvalue weighted by molar-refractivity contribution is 6.00. The average Bonchev–Trinajstić information content (AvgIpc) is 2.79. The molecule has 4 N–H and O–H groups in total. The molecule has 1 aliphatic rings. The minimum absolute atomic E-state index is 0. The molecule has 0 radical (unpaired) electrons. The van der Waals surface area contributed by atoms with Gasteiger partial charge in [0.15, 0.2) is 5.41 Å². The quantitative estimate of drug-likeness (QED) is 0.513. The second-order valence-electron chi connectivity index (χ2n) is 5.57. The Morgan fingerprint density at radius 3 is 2.48 bits per heavy atom. The molecule has 6 nitrogen and oxygen atoms in total. The van der Waals surface area contributed by atoms with E-state index in [1.807, 2.05) is 12.1 Å². The van der Waals surface area contributed by atoms with Crippen molar-refractivity contribution in [3.05, 3.63) is 35.4 Å². The van der Waals surface area contributed by atoms with Crippen molar-refractivity contribution < 1.29 is 24.5 Å². The molecule has 0 spiro atoms. The zero-order chi connectivity index (χ0) is 16.3. The van der Waals surface area contributed by atoms with Crippen LogP contribution in [0.4, 0.5) is 0 Å². The first-order valence-corrected chi connectivity index (χ1v) is 7.33. The van der Waals surface area contributed by atoms with Gasteiger partial charge in [-0.05, 0) is 30.9 Å². The maximum atomic E-state index is 11.9. The van der Waals surface area contributed by atoms with Crippen molar-refractivity contribution in [3.63, 3.8) is 0 Å². The van der Waals surface area contributed by atoms with Crippen LogP contribution in [0.25, 0.3) is 0 Å². The van der Waals surface area contributed by atoms with Crippen LogP contribution in [0.15, 0.2) is 24.3 Å². The summed E-state index contributed by atoms with van der Waals surface area (Å²) in [5.74, 6) is -3.49. The van der Waals surface area contributed by atoms with Crippen molar-refractivity contribution in [2.75, 3.05) is 13.2 Å². The molecule has 0 saturated heterocycles. The summed E-state index contributed by atoms with van der Waals surface area (Å²) in [5.41, 5.74) is 5.80. The van der Waals surface area contributed by atoms with E-state index in [0.717, 1.165) is 11.1 Å². The Labute approximate surface area is 141 Å². The molecule has 0 aromatic heterocycles. The van der Waals surface area contributed by atoms with E-state index in [2.05, 4.69) is 0 Å². The van der Waals surface area contributed by atoms with E-state index < -0.39 is 29.3 Å². The van der Waals surface area contributed by atoms with Gasteiger partial charge in [-0.1, -0.05) is 24.3 Å². The molecule has 0 bridgehead atoms. The Balaban J connectivity index is 0.00000264. The summed E-state index contributed by atoms with van der Waals surface area (Å²) < 4.78 is 5.20. The highest BCUT2D eigenvalue weighted by Crippen LogP contribution is 2.47. The van der Waals surface area contributed by atoms with Crippen LogP contribution in [0.1, 0.15) is 30.4 Å². The second-order valence-corrected chi connectivity index (χ2v) is 5.57. The Morgan fingerprint density at radius 2 is 1.91 bits per heavy atom. The molecule has 0 amide bonds. The molecule has 0 saturated carbocycles. The first kappa shape index (κ1) is 19.4. The van der Waals surface area contributed by atoms with Gasteiger partial charge < -0.3 is 20.7 Å². The van der Waals surface area contributed by atoms with Crippen molar-refractivity contribution in [2.24, 2.45) is 11.1 Å². The number of nitrogens with two attached hydrogens (primary N) is 1. The number of hydrogen-bond donors (Lipinski definition) is 3. The largest absolute Gasteiger partial charge is 0.480 e. The van der Waals surface area contributed by atoms with Crippen LogP contribution in [0.5, 0.6) is 0 Å². The van der Waals surface area contributed by atoms with Crippen LogP contribution in [0.2, 0.25) is 0 Å². The van der Waals surface area contributed by atoms with E-state index in [1.54, 1.807) is 19.1 Å². The summed E-state index contributed by atoms with van der Waals surface area (Å²) in [7, 11) is 0. The van der Waals surface area contributed by atoms with Crippen LogP contribution in [-0.4, -0.2) is 41.4 Å². The van der Waals surface area contributed by atoms with Crippen molar-refractivity contribution in [3.8, 4) is 0 Å². The summed E-state index contributed by atoms with van der Waals surface area (Å²) in [6, 6.07) is 6.73. The highest BCUT2D eigenvalue weighted by atomic mass is 35.5. The third kappa shape index (κ3) is 3.34. The van der Waals surface area contributed by atoms with Gasteiger partial charge in [-0.2, -0.15) is 0 Å². The predicted octanol–water partition coefficient (Wildman–Crippen LogP) is 1.66. The predicted molar refractivity (Wildman–Crippen MR) is 86.9 cm³/mol. The minimum atomic E-state index is -1.97. The topological polar surface area (TPSA) is 110 Å². The lowest BCUT2D eigenvalue weighted by Crippen LogP contribution is -2.50. The molecule has 0 unspecified atom stereocenters. The minimum Gasteiger partial charge on any atom is -0.480 e.